The predicted octanol–water partition coefficient (Wildman–Crippen LogP) is 4.14. The fourth-order valence-electron chi connectivity index (χ4n) is 5.15. The Labute approximate surface area is 106 Å². The lowest BCUT2D eigenvalue weighted by atomic mass is 9.67. The molecule has 3 saturated carbocycles. The molecule has 3 aliphatic carbocycles. The minimum Gasteiger partial charge on any atom is -0.390 e. The van der Waals surface area contributed by atoms with Crippen LogP contribution in [0.1, 0.15) is 71.1 Å². The molecule has 0 amide bonds. The average molecular weight is 236 g/mol. The molecule has 0 heterocycles. The van der Waals surface area contributed by atoms with Gasteiger partial charge in [0.25, 0.3) is 0 Å². The van der Waals surface area contributed by atoms with Crippen molar-refractivity contribution in [2.75, 3.05) is 0 Å². The first-order valence-corrected chi connectivity index (χ1v) is 7.93. The molecular weight excluding hydrogens is 208 g/mol. The maximum atomic E-state index is 11.0. The highest BCUT2D eigenvalue weighted by atomic mass is 16.3. The van der Waals surface area contributed by atoms with Crippen molar-refractivity contribution in [3.63, 3.8) is 0 Å². The zero-order valence-electron chi connectivity index (χ0n) is 11.3. The van der Waals surface area contributed by atoms with Gasteiger partial charge in [0.05, 0.1) is 5.60 Å². The second-order valence-electron chi connectivity index (χ2n) is 7.12. The van der Waals surface area contributed by atoms with Gasteiger partial charge in [0, 0.05) is 0 Å². The molecule has 1 heteroatoms. The Kier molecular flexibility index (Phi) is 3.23. The molecule has 3 unspecified atom stereocenters. The quantitative estimate of drug-likeness (QED) is 0.780. The molecule has 3 rings (SSSR count). The van der Waals surface area contributed by atoms with E-state index in [4.69, 9.17) is 0 Å². The standard InChI is InChI=1S/C16H28O/c1-2-3-12-6-8-16(17,9-7-12)15-11-13-4-5-14(15)10-13/h12-15,17H,2-11H2,1H3. The number of fused-ring (bicyclic) bond motifs is 2. The Hall–Kier alpha value is -0.0400. The summed E-state index contributed by atoms with van der Waals surface area (Å²) >= 11 is 0. The summed E-state index contributed by atoms with van der Waals surface area (Å²) in [5.74, 6) is 3.44. The fourth-order valence-corrected chi connectivity index (χ4v) is 5.15. The molecule has 17 heavy (non-hydrogen) atoms. The minimum atomic E-state index is -0.260. The van der Waals surface area contributed by atoms with Crippen LogP contribution in [-0.4, -0.2) is 10.7 Å². The van der Waals surface area contributed by atoms with E-state index in [-0.39, 0.29) is 5.60 Å². The highest BCUT2D eigenvalue weighted by Gasteiger charge is 2.50. The van der Waals surface area contributed by atoms with Crippen LogP contribution < -0.4 is 0 Å². The van der Waals surface area contributed by atoms with E-state index in [0.29, 0.717) is 5.92 Å². The van der Waals surface area contributed by atoms with E-state index in [2.05, 4.69) is 6.92 Å². The molecular formula is C16H28O. The summed E-state index contributed by atoms with van der Waals surface area (Å²) in [5.41, 5.74) is -0.260. The Morgan fingerprint density at radius 3 is 2.35 bits per heavy atom. The van der Waals surface area contributed by atoms with Crippen molar-refractivity contribution in [1.29, 1.82) is 0 Å². The van der Waals surface area contributed by atoms with Gasteiger partial charge in [-0.15, -0.1) is 0 Å². The average Bonchev–Trinajstić information content (AvgIpc) is 2.95. The van der Waals surface area contributed by atoms with E-state index in [9.17, 15) is 5.11 Å². The number of hydrogen-bond donors (Lipinski definition) is 1. The first-order chi connectivity index (χ1) is 8.21. The van der Waals surface area contributed by atoms with Crippen LogP contribution in [-0.2, 0) is 0 Å². The molecule has 0 spiro atoms. The van der Waals surface area contributed by atoms with Crippen molar-refractivity contribution in [1.82, 2.24) is 0 Å². The fraction of sp³-hybridized carbons (Fsp3) is 1.00. The van der Waals surface area contributed by atoms with Gasteiger partial charge in [0.2, 0.25) is 0 Å². The Morgan fingerprint density at radius 1 is 1.06 bits per heavy atom. The van der Waals surface area contributed by atoms with Crippen molar-refractivity contribution in [2.45, 2.75) is 76.7 Å². The molecule has 0 aromatic carbocycles. The Balaban J connectivity index is 1.60. The Bertz CT molecular complexity index is 265. The van der Waals surface area contributed by atoms with Crippen LogP contribution in [0.25, 0.3) is 0 Å². The maximum Gasteiger partial charge on any atom is 0.0678 e. The monoisotopic (exact) mass is 236 g/mol. The summed E-state index contributed by atoms with van der Waals surface area (Å²) in [5, 5.41) is 11.0. The minimum absolute atomic E-state index is 0.260. The molecule has 0 aromatic rings. The second kappa shape index (κ2) is 4.57. The maximum absolute atomic E-state index is 11.0. The molecule has 1 N–H and O–H groups in total. The first-order valence-electron chi connectivity index (χ1n) is 7.93. The highest BCUT2D eigenvalue weighted by Crippen LogP contribution is 2.55. The van der Waals surface area contributed by atoms with Crippen LogP contribution in [0.5, 0.6) is 0 Å². The number of hydrogen-bond acceptors (Lipinski definition) is 1. The van der Waals surface area contributed by atoms with Crippen molar-refractivity contribution < 1.29 is 5.11 Å². The normalized spacial score (nSPS) is 49.8. The van der Waals surface area contributed by atoms with Gasteiger partial charge in [-0.2, -0.15) is 0 Å². The lowest BCUT2D eigenvalue weighted by Crippen LogP contribution is -2.43. The second-order valence-corrected chi connectivity index (χ2v) is 7.12. The first kappa shape index (κ1) is 12.0. The molecule has 3 fully saturated rings. The molecule has 0 aromatic heterocycles. The van der Waals surface area contributed by atoms with Crippen molar-refractivity contribution in [3.8, 4) is 0 Å². The van der Waals surface area contributed by atoms with Crippen LogP contribution in [0.2, 0.25) is 0 Å². The summed E-state index contributed by atoms with van der Waals surface area (Å²) in [6.07, 6.45) is 13.1. The zero-order valence-corrected chi connectivity index (χ0v) is 11.3. The van der Waals surface area contributed by atoms with Gasteiger partial charge in [-0.1, -0.05) is 26.2 Å². The number of rotatable bonds is 3. The zero-order chi connectivity index (χ0) is 11.9. The summed E-state index contributed by atoms with van der Waals surface area (Å²) in [4.78, 5) is 0. The lowest BCUT2D eigenvalue weighted by Gasteiger charge is -2.43. The molecule has 1 nitrogen and oxygen atoms in total. The molecule has 0 aliphatic heterocycles. The van der Waals surface area contributed by atoms with Gasteiger partial charge in [-0.3, -0.25) is 0 Å². The van der Waals surface area contributed by atoms with E-state index < -0.39 is 0 Å². The molecule has 98 valence electrons. The van der Waals surface area contributed by atoms with Crippen LogP contribution in [0.4, 0.5) is 0 Å². The third-order valence-electron chi connectivity index (χ3n) is 6.10. The van der Waals surface area contributed by atoms with Gasteiger partial charge in [0.1, 0.15) is 0 Å². The van der Waals surface area contributed by atoms with Gasteiger partial charge >= 0.3 is 0 Å². The van der Waals surface area contributed by atoms with Crippen molar-refractivity contribution in [3.05, 3.63) is 0 Å². The largest absolute Gasteiger partial charge is 0.390 e. The van der Waals surface area contributed by atoms with Gasteiger partial charge < -0.3 is 5.11 Å². The van der Waals surface area contributed by atoms with Crippen molar-refractivity contribution in [2.24, 2.45) is 23.7 Å². The summed E-state index contributed by atoms with van der Waals surface area (Å²) in [6.45, 7) is 2.29. The third-order valence-corrected chi connectivity index (χ3v) is 6.10. The van der Waals surface area contributed by atoms with E-state index in [1.54, 1.807) is 0 Å². The van der Waals surface area contributed by atoms with Gasteiger partial charge in [-0.05, 0) is 68.6 Å². The van der Waals surface area contributed by atoms with Crippen LogP contribution in [0.3, 0.4) is 0 Å². The van der Waals surface area contributed by atoms with Crippen LogP contribution in [0, 0.1) is 23.7 Å². The molecule has 0 radical (unpaired) electrons. The molecule has 3 aliphatic rings. The SMILES string of the molecule is CCCC1CCC(O)(C2CC3CCC2C3)CC1. The van der Waals surface area contributed by atoms with Gasteiger partial charge in [-0.25, -0.2) is 0 Å². The summed E-state index contributed by atoms with van der Waals surface area (Å²) in [7, 11) is 0. The van der Waals surface area contributed by atoms with Crippen molar-refractivity contribution >= 4 is 0 Å². The van der Waals surface area contributed by atoms with E-state index in [1.807, 2.05) is 0 Å². The highest BCUT2D eigenvalue weighted by molar-refractivity contribution is 5.01. The van der Waals surface area contributed by atoms with Crippen LogP contribution >= 0.6 is 0 Å². The predicted molar refractivity (Wildman–Crippen MR) is 70.8 cm³/mol. The van der Waals surface area contributed by atoms with E-state index >= 15 is 0 Å². The topological polar surface area (TPSA) is 20.2 Å². The van der Waals surface area contributed by atoms with Gasteiger partial charge in [0.15, 0.2) is 0 Å². The molecule has 0 saturated heterocycles. The Morgan fingerprint density at radius 2 is 1.82 bits per heavy atom. The summed E-state index contributed by atoms with van der Waals surface area (Å²) in [6, 6.07) is 0. The van der Waals surface area contributed by atoms with Crippen LogP contribution in [0.15, 0.2) is 0 Å². The third kappa shape index (κ3) is 2.16. The molecule has 2 bridgehead atoms. The molecule has 3 atom stereocenters. The van der Waals surface area contributed by atoms with E-state index in [1.165, 1.54) is 51.4 Å². The summed E-state index contributed by atoms with van der Waals surface area (Å²) < 4.78 is 0. The lowest BCUT2D eigenvalue weighted by molar-refractivity contribution is -0.0774. The number of aliphatic hydroxyl groups is 1. The van der Waals surface area contributed by atoms with E-state index in [0.717, 1.165) is 30.6 Å². The smallest absolute Gasteiger partial charge is 0.0678 e.